The van der Waals surface area contributed by atoms with Gasteiger partial charge in [0.2, 0.25) is 0 Å². The van der Waals surface area contributed by atoms with Gasteiger partial charge < -0.3 is 9.47 Å². The SMILES string of the molecule is C=C1/C=C\C=C/N(c2ccc(-c3ccccc3)cc2)c2ccc(-c3ccc4c(c3)c3ccccc3n4-c3ccccc3)cc21. The van der Waals surface area contributed by atoms with E-state index in [0.717, 1.165) is 22.5 Å². The Morgan fingerprint density at radius 2 is 1.09 bits per heavy atom. The zero-order valence-corrected chi connectivity index (χ0v) is 24.3. The highest BCUT2D eigenvalue weighted by molar-refractivity contribution is 6.10. The van der Waals surface area contributed by atoms with Crippen molar-refractivity contribution < 1.29 is 0 Å². The van der Waals surface area contributed by atoms with Crippen LogP contribution in [0.1, 0.15) is 5.56 Å². The Balaban J connectivity index is 1.22. The lowest BCUT2D eigenvalue weighted by molar-refractivity contribution is 1.18. The van der Waals surface area contributed by atoms with Crippen molar-refractivity contribution in [1.29, 1.82) is 0 Å². The zero-order chi connectivity index (χ0) is 29.5. The maximum Gasteiger partial charge on any atom is 0.0541 e. The Labute approximate surface area is 257 Å². The molecule has 0 aliphatic carbocycles. The molecule has 1 aromatic heterocycles. The van der Waals surface area contributed by atoms with Crippen LogP contribution in [0, 0.1) is 0 Å². The van der Waals surface area contributed by atoms with E-state index in [1.807, 2.05) is 0 Å². The van der Waals surface area contributed by atoms with E-state index in [9.17, 15) is 0 Å². The molecule has 0 atom stereocenters. The molecule has 7 aromatic rings. The molecule has 1 aliphatic heterocycles. The molecule has 0 radical (unpaired) electrons. The number of benzene rings is 6. The molecule has 2 nitrogen and oxygen atoms in total. The van der Waals surface area contributed by atoms with Gasteiger partial charge in [-0.25, -0.2) is 0 Å². The molecule has 0 fully saturated rings. The molecule has 0 bridgehead atoms. The fraction of sp³-hybridized carbons (Fsp3) is 0. The summed E-state index contributed by atoms with van der Waals surface area (Å²) in [5.74, 6) is 0. The van der Waals surface area contributed by atoms with Gasteiger partial charge in [0.05, 0.1) is 16.7 Å². The summed E-state index contributed by atoms with van der Waals surface area (Å²) in [6.45, 7) is 4.45. The number of rotatable bonds is 4. The topological polar surface area (TPSA) is 8.17 Å². The standard InChI is InChI=1S/C42H30N2/c1-30-12-10-11-27-43(35-23-19-32(20-24-35)31-13-4-2-5-14-31)40-25-21-33(28-38(30)40)34-22-26-42-39(29-34)37-17-8-9-18-41(37)44(42)36-15-6-3-7-16-36/h2-29H,1H2/b12-10-,27-11-. The molecule has 2 heteroatoms. The number of hydrogen-bond donors (Lipinski definition) is 0. The fourth-order valence-electron chi connectivity index (χ4n) is 6.34. The maximum absolute atomic E-state index is 4.45. The van der Waals surface area contributed by atoms with Crippen molar-refractivity contribution in [3.05, 3.63) is 182 Å². The summed E-state index contributed by atoms with van der Waals surface area (Å²) < 4.78 is 2.36. The molecule has 44 heavy (non-hydrogen) atoms. The predicted octanol–water partition coefficient (Wildman–Crippen LogP) is 11.4. The molecular formula is C42H30N2. The van der Waals surface area contributed by atoms with Gasteiger partial charge >= 0.3 is 0 Å². The molecule has 0 unspecified atom stereocenters. The minimum atomic E-state index is 0.985. The molecule has 0 amide bonds. The molecule has 8 rings (SSSR count). The van der Waals surface area contributed by atoms with E-state index in [2.05, 4.69) is 186 Å². The van der Waals surface area contributed by atoms with Crippen molar-refractivity contribution in [2.75, 3.05) is 4.90 Å². The predicted molar refractivity (Wildman–Crippen MR) is 188 cm³/mol. The van der Waals surface area contributed by atoms with E-state index in [1.54, 1.807) is 0 Å². The number of hydrogen-bond acceptors (Lipinski definition) is 1. The normalized spacial score (nSPS) is 14.3. The summed E-state index contributed by atoms with van der Waals surface area (Å²) in [4.78, 5) is 2.25. The summed E-state index contributed by atoms with van der Waals surface area (Å²) in [6.07, 6.45) is 8.35. The average molecular weight is 563 g/mol. The van der Waals surface area contributed by atoms with E-state index in [4.69, 9.17) is 0 Å². The van der Waals surface area contributed by atoms with E-state index in [1.165, 1.54) is 49.7 Å². The summed E-state index contributed by atoms with van der Waals surface area (Å²) >= 11 is 0. The second-order valence-corrected chi connectivity index (χ2v) is 11.2. The molecule has 0 saturated heterocycles. The molecule has 1 aliphatic rings. The van der Waals surface area contributed by atoms with Gasteiger partial charge in [0.15, 0.2) is 0 Å². The molecule has 2 heterocycles. The first-order chi connectivity index (χ1) is 21.7. The Morgan fingerprint density at radius 1 is 0.455 bits per heavy atom. The highest BCUT2D eigenvalue weighted by Gasteiger charge is 2.17. The Hall–Kier alpha value is -5.86. The molecule has 0 saturated carbocycles. The molecule has 0 N–H and O–H groups in total. The smallest absolute Gasteiger partial charge is 0.0541 e. The highest BCUT2D eigenvalue weighted by Crippen LogP contribution is 2.39. The number of allylic oxidation sites excluding steroid dienone is 4. The van der Waals surface area contributed by atoms with Crippen molar-refractivity contribution in [2.45, 2.75) is 0 Å². The minimum Gasteiger partial charge on any atom is -0.317 e. The van der Waals surface area contributed by atoms with Crippen LogP contribution in [0.25, 0.3) is 55.3 Å². The first-order valence-electron chi connectivity index (χ1n) is 15.0. The summed E-state index contributed by atoms with van der Waals surface area (Å²) in [7, 11) is 0. The highest BCUT2D eigenvalue weighted by atomic mass is 15.1. The average Bonchev–Trinajstić information content (AvgIpc) is 3.42. The van der Waals surface area contributed by atoms with Crippen LogP contribution in [-0.4, -0.2) is 4.57 Å². The summed E-state index contributed by atoms with van der Waals surface area (Å²) in [6, 6.07) is 52.1. The maximum atomic E-state index is 4.45. The van der Waals surface area contributed by atoms with Crippen LogP contribution < -0.4 is 4.90 Å². The number of para-hydroxylation sites is 2. The fourth-order valence-corrected chi connectivity index (χ4v) is 6.34. The van der Waals surface area contributed by atoms with Crippen molar-refractivity contribution >= 4 is 38.8 Å². The molecule has 0 spiro atoms. The van der Waals surface area contributed by atoms with E-state index < -0.39 is 0 Å². The van der Waals surface area contributed by atoms with Crippen LogP contribution in [0.2, 0.25) is 0 Å². The molecular weight excluding hydrogens is 532 g/mol. The molecule has 208 valence electrons. The van der Waals surface area contributed by atoms with Crippen molar-refractivity contribution in [3.63, 3.8) is 0 Å². The van der Waals surface area contributed by atoms with Gasteiger partial charge in [-0.3, -0.25) is 0 Å². The van der Waals surface area contributed by atoms with Gasteiger partial charge in [-0.05, 0) is 88.5 Å². The third-order valence-corrected chi connectivity index (χ3v) is 8.52. The Kier molecular flexibility index (Phi) is 6.31. The first kappa shape index (κ1) is 25.8. The first-order valence-corrected chi connectivity index (χ1v) is 15.0. The Morgan fingerprint density at radius 3 is 1.91 bits per heavy atom. The lowest BCUT2D eigenvalue weighted by atomic mass is 9.95. The van der Waals surface area contributed by atoms with Gasteiger partial charge in [-0.15, -0.1) is 0 Å². The van der Waals surface area contributed by atoms with Gasteiger partial charge in [-0.2, -0.15) is 0 Å². The van der Waals surface area contributed by atoms with Crippen LogP contribution in [0.15, 0.2) is 177 Å². The van der Waals surface area contributed by atoms with Gasteiger partial charge in [-0.1, -0.05) is 110 Å². The Bertz CT molecular complexity index is 2220. The number of fused-ring (bicyclic) bond motifs is 4. The van der Waals surface area contributed by atoms with Crippen molar-refractivity contribution in [3.8, 4) is 27.9 Å². The largest absolute Gasteiger partial charge is 0.317 e. The minimum absolute atomic E-state index is 0.985. The van der Waals surface area contributed by atoms with Crippen LogP contribution in [0.5, 0.6) is 0 Å². The monoisotopic (exact) mass is 562 g/mol. The van der Waals surface area contributed by atoms with Gasteiger partial charge in [0.1, 0.15) is 0 Å². The van der Waals surface area contributed by atoms with Crippen LogP contribution in [0.4, 0.5) is 11.4 Å². The van der Waals surface area contributed by atoms with E-state index >= 15 is 0 Å². The lowest BCUT2D eigenvalue weighted by Gasteiger charge is -2.26. The molecule has 6 aromatic carbocycles. The van der Waals surface area contributed by atoms with E-state index in [-0.39, 0.29) is 0 Å². The van der Waals surface area contributed by atoms with E-state index in [0.29, 0.717) is 0 Å². The zero-order valence-electron chi connectivity index (χ0n) is 24.3. The van der Waals surface area contributed by atoms with Crippen LogP contribution in [-0.2, 0) is 0 Å². The van der Waals surface area contributed by atoms with Crippen molar-refractivity contribution in [1.82, 2.24) is 4.57 Å². The summed E-state index contributed by atoms with van der Waals surface area (Å²) in [5, 5.41) is 2.50. The van der Waals surface area contributed by atoms with Crippen LogP contribution in [0.3, 0.4) is 0 Å². The lowest BCUT2D eigenvalue weighted by Crippen LogP contribution is -2.11. The van der Waals surface area contributed by atoms with Crippen molar-refractivity contribution in [2.24, 2.45) is 0 Å². The number of nitrogens with zero attached hydrogens (tertiary/aromatic N) is 2. The second kappa shape index (κ2) is 10.8. The number of anilines is 2. The third-order valence-electron chi connectivity index (χ3n) is 8.52. The van der Waals surface area contributed by atoms with Gasteiger partial charge in [0.25, 0.3) is 0 Å². The third kappa shape index (κ3) is 4.45. The second-order valence-electron chi connectivity index (χ2n) is 11.2. The number of aromatic nitrogens is 1. The summed E-state index contributed by atoms with van der Waals surface area (Å²) in [5.41, 5.74) is 12.7. The quantitative estimate of drug-likeness (QED) is 0.207. The van der Waals surface area contributed by atoms with Crippen LogP contribution >= 0.6 is 0 Å². The van der Waals surface area contributed by atoms with Gasteiger partial charge in [0, 0.05) is 33.9 Å².